The average Bonchev–Trinajstić information content (AvgIpc) is 2.49. The predicted molar refractivity (Wildman–Crippen MR) is 76.9 cm³/mol. The van der Waals surface area contributed by atoms with Crippen LogP contribution in [-0.4, -0.2) is 38.8 Å². The standard InChI is InChI=1S/C13H16ClNO3S/c1-10(16)12-4-3-11(9-13(12)14)15-5-2-7-19(17,18)8-6-15/h3-4,9H,2,5-8H2,1H3. The normalized spacial score (nSPS) is 18.9. The highest BCUT2D eigenvalue weighted by molar-refractivity contribution is 7.91. The van der Waals surface area contributed by atoms with Gasteiger partial charge in [0.25, 0.3) is 0 Å². The number of Topliss-reactive ketones (excluding diaryl/α,β-unsaturated/α-hetero) is 1. The van der Waals surface area contributed by atoms with Crippen LogP contribution in [0, 0.1) is 0 Å². The van der Waals surface area contributed by atoms with Gasteiger partial charge in [0.2, 0.25) is 0 Å². The molecule has 0 radical (unpaired) electrons. The van der Waals surface area contributed by atoms with E-state index in [2.05, 4.69) is 0 Å². The second kappa shape index (κ2) is 5.51. The summed E-state index contributed by atoms with van der Waals surface area (Å²) < 4.78 is 23.1. The SMILES string of the molecule is CC(=O)c1ccc(N2CCCS(=O)(=O)CC2)cc1Cl. The monoisotopic (exact) mass is 301 g/mol. The summed E-state index contributed by atoms with van der Waals surface area (Å²) >= 11 is 6.07. The summed E-state index contributed by atoms with van der Waals surface area (Å²) in [6, 6.07) is 5.25. The van der Waals surface area contributed by atoms with Crippen LogP contribution in [0.1, 0.15) is 23.7 Å². The summed E-state index contributed by atoms with van der Waals surface area (Å²) in [5.74, 6) is 0.331. The quantitative estimate of drug-likeness (QED) is 0.786. The van der Waals surface area contributed by atoms with Gasteiger partial charge in [-0.05, 0) is 31.5 Å². The number of ketones is 1. The maximum Gasteiger partial charge on any atom is 0.161 e. The van der Waals surface area contributed by atoms with Crippen molar-refractivity contribution in [2.24, 2.45) is 0 Å². The van der Waals surface area contributed by atoms with Crippen LogP contribution in [0.5, 0.6) is 0 Å². The Morgan fingerprint density at radius 3 is 2.63 bits per heavy atom. The molecule has 4 nitrogen and oxygen atoms in total. The predicted octanol–water partition coefficient (Wildman–Crippen LogP) is 2.17. The third-order valence-electron chi connectivity index (χ3n) is 3.25. The molecule has 1 fully saturated rings. The number of halogens is 1. The largest absolute Gasteiger partial charge is 0.370 e. The van der Waals surface area contributed by atoms with Crippen molar-refractivity contribution in [1.29, 1.82) is 0 Å². The molecule has 2 rings (SSSR count). The number of anilines is 1. The molecule has 1 aliphatic heterocycles. The van der Waals surface area contributed by atoms with E-state index in [1.54, 1.807) is 12.1 Å². The number of hydrogen-bond acceptors (Lipinski definition) is 4. The van der Waals surface area contributed by atoms with Crippen LogP contribution in [-0.2, 0) is 9.84 Å². The van der Waals surface area contributed by atoms with Gasteiger partial charge < -0.3 is 4.90 Å². The molecule has 0 saturated carbocycles. The van der Waals surface area contributed by atoms with E-state index in [4.69, 9.17) is 11.6 Å². The molecule has 0 N–H and O–H groups in total. The lowest BCUT2D eigenvalue weighted by atomic mass is 10.1. The minimum Gasteiger partial charge on any atom is -0.370 e. The van der Waals surface area contributed by atoms with Gasteiger partial charge in [0, 0.05) is 24.3 Å². The Balaban J connectivity index is 2.23. The van der Waals surface area contributed by atoms with Gasteiger partial charge in [-0.1, -0.05) is 11.6 Å². The molecule has 0 bridgehead atoms. The maximum absolute atomic E-state index is 11.6. The molecular weight excluding hydrogens is 286 g/mol. The van der Waals surface area contributed by atoms with E-state index in [1.165, 1.54) is 6.92 Å². The first kappa shape index (κ1) is 14.3. The fourth-order valence-corrected chi connectivity index (χ4v) is 3.76. The fraction of sp³-hybridized carbons (Fsp3) is 0.462. The first-order valence-corrected chi connectivity index (χ1v) is 8.35. The lowest BCUT2D eigenvalue weighted by molar-refractivity contribution is 0.101. The highest BCUT2D eigenvalue weighted by atomic mass is 35.5. The van der Waals surface area contributed by atoms with Gasteiger partial charge >= 0.3 is 0 Å². The lowest BCUT2D eigenvalue weighted by Gasteiger charge is -2.22. The minimum atomic E-state index is -2.92. The van der Waals surface area contributed by atoms with E-state index in [9.17, 15) is 13.2 Å². The van der Waals surface area contributed by atoms with E-state index in [-0.39, 0.29) is 17.3 Å². The zero-order chi connectivity index (χ0) is 14.0. The first-order chi connectivity index (χ1) is 8.89. The van der Waals surface area contributed by atoms with Crippen molar-refractivity contribution >= 4 is 32.9 Å². The van der Waals surface area contributed by atoms with E-state index in [0.717, 1.165) is 5.69 Å². The van der Waals surface area contributed by atoms with Crippen molar-refractivity contribution < 1.29 is 13.2 Å². The number of carbonyl (C=O) groups excluding carboxylic acids is 1. The summed E-state index contributed by atoms with van der Waals surface area (Å²) in [5.41, 5.74) is 1.36. The minimum absolute atomic E-state index is 0.0741. The van der Waals surface area contributed by atoms with Crippen LogP contribution in [0.3, 0.4) is 0 Å². The van der Waals surface area contributed by atoms with Gasteiger partial charge in [0.15, 0.2) is 15.6 Å². The molecule has 1 aromatic carbocycles. The third kappa shape index (κ3) is 3.48. The van der Waals surface area contributed by atoms with Crippen molar-refractivity contribution in [3.05, 3.63) is 28.8 Å². The van der Waals surface area contributed by atoms with Crippen molar-refractivity contribution in [3.63, 3.8) is 0 Å². The Morgan fingerprint density at radius 1 is 1.26 bits per heavy atom. The van der Waals surface area contributed by atoms with Crippen molar-refractivity contribution in [1.82, 2.24) is 0 Å². The number of carbonyl (C=O) groups is 1. The van der Waals surface area contributed by atoms with Gasteiger partial charge in [0.05, 0.1) is 16.5 Å². The number of rotatable bonds is 2. The summed E-state index contributed by atoms with van der Waals surface area (Å²) in [5, 5.41) is 0.414. The molecule has 1 aromatic rings. The molecule has 104 valence electrons. The Bertz CT molecular complexity index is 598. The molecule has 1 saturated heterocycles. The molecule has 0 aliphatic carbocycles. The lowest BCUT2D eigenvalue weighted by Crippen LogP contribution is -2.26. The Labute approximate surface area is 118 Å². The Hall–Kier alpha value is -1.07. The molecule has 0 unspecified atom stereocenters. The van der Waals surface area contributed by atoms with Crippen LogP contribution in [0.25, 0.3) is 0 Å². The molecule has 1 aliphatic rings. The second-order valence-electron chi connectivity index (χ2n) is 4.71. The number of sulfone groups is 1. The average molecular weight is 302 g/mol. The molecule has 0 atom stereocenters. The van der Waals surface area contributed by atoms with Crippen molar-refractivity contribution in [2.45, 2.75) is 13.3 Å². The topological polar surface area (TPSA) is 54.5 Å². The number of nitrogens with zero attached hydrogens (tertiary/aromatic N) is 1. The number of benzene rings is 1. The summed E-state index contributed by atoms with van der Waals surface area (Å²) in [4.78, 5) is 13.3. The molecule has 1 heterocycles. The van der Waals surface area contributed by atoms with Crippen molar-refractivity contribution in [3.8, 4) is 0 Å². The highest BCUT2D eigenvalue weighted by Gasteiger charge is 2.20. The molecule has 0 amide bonds. The van der Waals surface area contributed by atoms with Gasteiger partial charge in [-0.15, -0.1) is 0 Å². The Morgan fingerprint density at radius 2 is 2.00 bits per heavy atom. The summed E-state index contributed by atoms with van der Waals surface area (Å²) in [7, 11) is -2.92. The van der Waals surface area contributed by atoms with Gasteiger partial charge in [-0.25, -0.2) is 8.42 Å². The molecule has 0 aromatic heterocycles. The molecule has 6 heteroatoms. The smallest absolute Gasteiger partial charge is 0.161 e. The van der Waals surface area contributed by atoms with E-state index >= 15 is 0 Å². The van der Waals surface area contributed by atoms with Crippen LogP contribution in [0.15, 0.2) is 18.2 Å². The molecular formula is C13H16ClNO3S. The third-order valence-corrected chi connectivity index (χ3v) is 5.28. The van der Waals surface area contributed by atoms with E-state index < -0.39 is 9.84 Å². The molecule has 19 heavy (non-hydrogen) atoms. The summed E-state index contributed by atoms with van der Waals surface area (Å²) in [6.45, 7) is 2.63. The van der Waals surface area contributed by atoms with Crippen LogP contribution >= 0.6 is 11.6 Å². The first-order valence-electron chi connectivity index (χ1n) is 6.15. The highest BCUT2D eigenvalue weighted by Crippen LogP contribution is 2.25. The zero-order valence-electron chi connectivity index (χ0n) is 10.7. The maximum atomic E-state index is 11.6. The van der Waals surface area contributed by atoms with Gasteiger partial charge in [-0.3, -0.25) is 4.79 Å². The molecule has 0 spiro atoms. The van der Waals surface area contributed by atoms with Gasteiger partial charge in [0.1, 0.15) is 0 Å². The number of hydrogen-bond donors (Lipinski definition) is 0. The van der Waals surface area contributed by atoms with Crippen LogP contribution < -0.4 is 4.90 Å². The Kier molecular flexibility index (Phi) is 4.16. The van der Waals surface area contributed by atoms with E-state index in [0.29, 0.717) is 30.1 Å². The van der Waals surface area contributed by atoms with Crippen LogP contribution in [0.2, 0.25) is 5.02 Å². The summed E-state index contributed by atoms with van der Waals surface area (Å²) in [6.07, 6.45) is 0.619. The van der Waals surface area contributed by atoms with E-state index in [1.807, 2.05) is 11.0 Å². The van der Waals surface area contributed by atoms with Gasteiger partial charge in [-0.2, -0.15) is 0 Å². The zero-order valence-corrected chi connectivity index (χ0v) is 12.3. The fourth-order valence-electron chi connectivity index (χ4n) is 2.18. The van der Waals surface area contributed by atoms with Crippen LogP contribution in [0.4, 0.5) is 5.69 Å². The van der Waals surface area contributed by atoms with Crippen molar-refractivity contribution in [2.75, 3.05) is 29.5 Å². The second-order valence-corrected chi connectivity index (χ2v) is 7.42.